The maximum Gasteiger partial charge on any atom is 0.358 e. The predicted octanol–water partition coefficient (Wildman–Crippen LogP) is 3.35. The van der Waals surface area contributed by atoms with Crippen LogP contribution in [0, 0.1) is 0 Å². The summed E-state index contributed by atoms with van der Waals surface area (Å²) < 4.78 is 29.7. The zero-order valence-electron chi connectivity index (χ0n) is 14.5. The molecule has 0 atom stereocenters. The third-order valence-electron chi connectivity index (χ3n) is 3.21. The number of aromatic nitrogens is 3. The number of benzene rings is 1. The van der Waals surface area contributed by atoms with Gasteiger partial charge in [0.15, 0.2) is 5.69 Å². The Morgan fingerprint density at radius 2 is 1.72 bits per heavy atom. The van der Waals surface area contributed by atoms with Crippen molar-refractivity contribution < 1.29 is 23.1 Å². The standard InChI is InChI=1S/C16H22N3O5P/c1-4-22-16(20)15-14(13-10-8-7-9-11-13)17-18-19(15)12-25(21,23-5-2)24-6-3/h7-11H,4-6,12H2,1-3H3. The average molecular weight is 367 g/mol. The maximum absolute atomic E-state index is 12.8. The fraction of sp³-hybridized carbons (Fsp3) is 0.438. The second-order valence-electron chi connectivity index (χ2n) is 4.96. The van der Waals surface area contributed by atoms with E-state index in [4.69, 9.17) is 13.8 Å². The first-order valence-electron chi connectivity index (χ1n) is 8.08. The minimum atomic E-state index is -3.45. The molecule has 0 N–H and O–H groups in total. The summed E-state index contributed by atoms with van der Waals surface area (Å²) in [5.41, 5.74) is 1.19. The van der Waals surface area contributed by atoms with Crippen LogP contribution in [0.5, 0.6) is 0 Å². The topological polar surface area (TPSA) is 92.5 Å². The van der Waals surface area contributed by atoms with Gasteiger partial charge in [0.2, 0.25) is 0 Å². The highest BCUT2D eigenvalue weighted by Gasteiger charge is 2.30. The fourth-order valence-corrected chi connectivity index (χ4v) is 3.83. The number of carbonyl (C=O) groups is 1. The van der Waals surface area contributed by atoms with Crippen LogP contribution in [0.15, 0.2) is 30.3 Å². The van der Waals surface area contributed by atoms with E-state index in [-0.39, 0.29) is 31.8 Å². The van der Waals surface area contributed by atoms with Crippen molar-refractivity contribution in [3.8, 4) is 11.3 Å². The van der Waals surface area contributed by atoms with Crippen molar-refractivity contribution in [2.75, 3.05) is 19.8 Å². The Labute approximate surface area is 146 Å². The molecule has 8 nitrogen and oxygen atoms in total. The van der Waals surface area contributed by atoms with E-state index in [1.54, 1.807) is 20.8 Å². The summed E-state index contributed by atoms with van der Waals surface area (Å²) in [4.78, 5) is 12.4. The van der Waals surface area contributed by atoms with Gasteiger partial charge in [-0.3, -0.25) is 4.57 Å². The van der Waals surface area contributed by atoms with E-state index in [2.05, 4.69) is 10.3 Å². The molecule has 0 unspecified atom stereocenters. The van der Waals surface area contributed by atoms with E-state index in [9.17, 15) is 9.36 Å². The van der Waals surface area contributed by atoms with E-state index in [1.165, 1.54) is 4.68 Å². The van der Waals surface area contributed by atoms with Crippen LogP contribution in [0.3, 0.4) is 0 Å². The average Bonchev–Trinajstić information content (AvgIpc) is 2.99. The SMILES string of the molecule is CCOC(=O)c1c(-c2ccccc2)nnn1CP(=O)(OCC)OCC. The molecule has 0 spiro atoms. The predicted molar refractivity (Wildman–Crippen MR) is 92.3 cm³/mol. The number of carbonyl (C=O) groups excluding carboxylic acids is 1. The van der Waals surface area contributed by atoms with Gasteiger partial charge in [-0.05, 0) is 20.8 Å². The molecule has 2 rings (SSSR count). The number of esters is 1. The number of hydrogen-bond donors (Lipinski definition) is 0. The van der Waals surface area contributed by atoms with Crippen LogP contribution in [0.1, 0.15) is 31.3 Å². The van der Waals surface area contributed by atoms with Crippen LogP contribution in [0.4, 0.5) is 0 Å². The van der Waals surface area contributed by atoms with Crippen molar-refractivity contribution in [1.82, 2.24) is 15.0 Å². The van der Waals surface area contributed by atoms with E-state index in [0.29, 0.717) is 11.3 Å². The minimum absolute atomic E-state index is 0.118. The van der Waals surface area contributed by atoms with Gasteiger partial charge in [0.05, 0.1) is 19.8 Å². The first-order chi connectivity index (χ1) is 12.0. The molecule has 1 aromatic heterocycles. The number of ether oxygens (including phenoxy) is 1. The molecular formula is C16H22N3O5P. The van der Waals surface area contributed by atoms with Gasteiger partial charge < -0.3 is 13.8 Å². The van der Waals surface area contributed by atoms with Gasteiger partial charge in [-0.1, -0.05) is 35.5 Å². The van der Waals surface area contributed by atoms with Gasteiger partial charge in [0.1, 0.15) is 12.0 Å². The summed E-state index contributed by atoms with van der Waals surface area (Å²) in [7, 11) is -3.45. The quantitative estimate of drug-likeness (QED) is 0.496. The zero-order chi connectivity index (χ0) is 18.3. The lowest BCUT2D eigenvalue weighted by Crippen LogP contribution is -2.16. The highest BCUT2D eigenvalue weighted by Crippen LogP contribution is 2.49. The summed E-state index contributed by atoms with van der Waals surface area (Å²) >= 11 is 0. The third-order valence-corrected chi connectivity index (χ3v) is 5.13. The highest BCUT2D eigenvalue weighted by molar-refractivity contribution is 7.52. The first kappa shape index (κ1) is 19.3. The molecule has 0 aliphatic rings. The highest BCUT2D eigenvalue weighted by atomic mass is 31.2. The Morgan fingerprint density at radius 3 is 2.28 bits per heavy atom. The third kappa shape index (κ3) is 4.75. The molecule has 0 fully saturated rings. The number of rotatable bonds is 9. The van der Waals surface area contributed by atoms with Gasteiger partial charge in [0, 0.05) is 5.56 Å². The van der Waals surface area contributed by atoms with Crippen LogP contribution in [0.2, 0.25) is 0 Å². The van der Waals surface area contributed by atoms with Crippen LogP contribution in [-0.2, 0) is 24.6 Å². The molecule has 0 radical (unpaired) electrons. The van der Waals surface area contributed by atoms with Gasteiger partial charge in [-0.2, -0.15) is 0 Å². The van der Waals surface area contributed by atoms with Crippen molar-refractivity contribution in [1.29, 1.82) is 0 Å². The Balaban J connectivity index is 2.46. The normalized spacial score (nSPS) is 11.5. The van der Waals surface area contributed by atoms with E-state index < -0.39 is 13.6 Å². The van der Waals surface area contributed by atoms with E-state index in [0.717, 1.165) is 0 Å². The van der Waals surface area contributed by atoms with Gasteiger partial charge in [-0.15, -0.1) is 5.10 Å². The Morgan fingerprint density at radius 1 is 1.08 bits per heavy atom. The van der Waals surface area contributed by atoms with Crippen molar-refractivity contribution in [2.45, 2.75) is 27.1 Å². The largest absolute Gasteiger partial charge is 0.461 e. The molecular weight excluding hydrogens is 345 g/mol. The molecule has 0 amide bonds. The Hall–Kier alpha value is -2.02. The summed E-state index contributed by atoms with van der Waals surface area (Å²) in [5.74, 6) is -0.592. The molecule has 1 heterocycles. The summed E-state index contributed by atoms with van der Waals surface area (Å²) in [6, 6.07) is 9.13. The first-order valence-corrected chi connectivity index (χ1v) is 9.81. The van der Waals surface area contributed by atoms with Crippen LogP contribution >= 0.6 is 7.60 Å². The lowest BCUT2D eigenvalue weighted by molar-refractivity contribution is 0.0514. The molecule has 0 aliphatic heterocycles. The molecule has 9 heteroatoms. The van der Waals surface area contributed by atoms with Crippen LogP contribution in [-0.4, -0.2) is 40.8 Å². The Kier molecular flexibility index (Phi) is 6.87. The number of nitrogens with zero attached hydrogens (tertiary/aromatic N) is 3. The van der Waals surface area contributed by atoms with Gasteiger partial charge in [0.25, 0.3) is 0 Å². The summed E-state index contributed by atoms with van der Waals surface area (Å²) in [6.07, 6.45) is -0.220. The molecule has 1 aromatic carbocycles. The van der Waals surface area contributed by atoms with E-state index >= 15 is 0 Å². The lowest BCUT2D eigenvalue weighted by atomic mass is 10.1. The van der Waals surface area contributed by atoms with E-state index in [1.807, 2.05) is 30.3 Å². The lowest BCUT2D eigenvalue weighted by Gasteiger charge is -2.17. The van der Waals surface area contributed by atoms with Gasteiger partial charge >= 0.3 is 13.6 Å². The minimum Gasteiger partial charge on any atom is -0.461 e. The van der Waals surface area contributed by atoms with Crippen molar-refractivity contribution in [3.63, 3.8) is 0 Å². The molecule has 0 bridgehead atoms. The zero-order valence-corrected chi connectivity index (χ0v) is 15.4. The van der Waals surface area contributed by atoms with Crippen molar-refractivity contribution in [2.24, 2.45) is 0 Å². The van der Waals surface area contributed by atoms with Crippen LogP contribution < -0.4 is 0 Å². The molecule has 25 heavy (non-hydrogen) atoms. The Bertz CT molecular complexity index is 737. The van der Waals surface area contributed by atoms with Crippen molar-refractivity contribution >= 4 is 13.6 Å². The molecule has 0 saturated heterocycles. The van der Waals surface area contributed by atoms with Crippen LogP contribution in [0.25, 0.3) is 11.3 Å². The summed E-state index contributed by atoms with van der Waals surface area (Å²) in [6.45, 7) is 5.77. The molecule has 0 aliphatic carbocycles. The monoisotopic (exact) mass is 367 g/mol. The second-order valence-corrected chi connectivity index (χ2v) is 6.98. The molecule has 136 valence electrons. The molecule has 0 saturated carbocycles. The smallest absolute Gasteiger partial charge is 0.358 e. The maximum atomic E-state index is 12.8. The molecule has 2 aromatic rings. The number of hydrogen-bond acceptors (Lipinski definition) is 7. The summed E-state index contributed by atoms with van der Waals surface area (Å²) in [5, 5.41) is 8.05. The van der Waals surface area contributed by atoms with Crippen molar-refractivity contribution in [3.05, 3.63) is 36.0 Å². The fourth-order valence-electron chi connectivity index (χ4n) is 2.28. The second kappa shape index (κ2) is 8.89. The van der Waals surface area contributed by atoms with Gasteiger partial charge in [-0.25, -0.2) is 9.48 Å².